The Morgan fingerprint density at radius 2 is 2.00 bits per heavy atom. The molecule has 1 aromatic carbocycles. The van der Waals surface area contributed by atoms with Crippen LogP contribution in [0.2, 0.25) is 0 Å². The van der Waals surface area contributed by atoms with Crippen LogP contribution in [0.25, 0.3) is 0 Å². The van der Waals surface area contributed by atoms with E-state index in [1.165, 1.54) is 5.56 Å². The first-order chi connectivity index (χ1) is 6.22. The van der Waals surface area contributed by atoms with E-state index >= 15 is 0 Å². The lowest BCUT2D eigenvalue weighted by molar-refractivity contribution is 0.144. The van der Waals surface area contributed by atoms with Gasteiger partial charge in [0.15, 0.2) is 0 Å². The number of hydrogen-bond donors (Lipinski definition) is 1. The summed E-state index contributed by atoms with van der Waals surface area (Å²) >= 11 is 0. The fourth-order valence-corrected chi connectivity index (χ4v) is 1.11. The molecule has 0 aliphatic rings. The van der Waals surface area contributed by atoms with Crippen LogP contribution in [0.5, 0.6) is 5.75 Å². The Balaban J connectivity index is 2.64. The van der Waals surface area contributed by atoms with Gasteiger partial charge in [0.2, 0.25) is 0 Å². The highest BCUT2D eigenvalue weighted by Crippen LogP contribution is 2.13. The Morgan fingerprint density at radius 1 is 1.38 bits per heavy atom. The predicted molar refractivity (Wildman–Crippen MR) is 49.1 cm³/mol. The second-order valence-corrected chi connectivity index (χ2v) is 2.76. The summed E-state index contributed by atoms with van der Waals surface area (Å²) in [6, 6.07) is 7.09. The van der Waals surface area contributed by atoms with Gasteiger partial charge in [-0.25, -0.2) is 4.79 Å². The van der Waals surface area contributed by atoms with Crippen LogP contribution in [0, 0.1) is 0 Å². The molecule has 0 heterocycles. The predicted octanol–water partition coefficient (Wildman–Crippen LogP) is 2.70. The molecule has 0 aliphatic carbocycles. The van der Waals surface area contributed by atoms with Crippen molar-refractivity contribution in [1.29, 1.82) is 0 Å². The Kier molecular flexibility index (Phi) is 3.31. The normalized spacial score (nSPS) is 9.62. The topological polar surface area (TPSA) is 46.5 Å². The van der Waals surface area contributed by atoms with Gasteiger partial charge in [-0.1, -0.05) is 25.5 Å². The minimum atomic E-state index is -1.27. The summed E-state index contributed by atoms with van der Waals surface area (Å²) < 4.78 is 4.46. The molecule has 1 rings (SSSR count). The number of hydrogen-bond acceptors (Lipinski definition) is 2. The molecule has 0 saturated carbocycles. The number of rotatable bonds is 3. The lowest BCUT2D eigenvalue weighted by Gasteiger charge is -2.01. The molecule has 0 atom stereocenters. The van der Waals surface area contributed by atoms with Crippen LogP contribution < -0.4 is 4.74 Å². The molecule has 1 aromatic rings. The molecule has 0 saturated heterocycles. The van der Waals surface area contributed by atoms with Crippen molar-refractivity contribution in [2.45, 2.75) is 19.8 Å². The molecular formula is C10H12O3. The van der Waals surface area contributed by atoms with E-state index in [2.05, 4.69) is 11.7 Å². The smallest absolute Gasteiger partial charge is 0.449 e. The zero-order chi connectivity index (χ0) is 9.68. The zero-order valence-corrected chi connectivity index (χ0v) is 7.49. The third-order valence-electron chi connectivity index (χ3n) is 1.67. The molecule has 0 aromatic heterocycles. The molecule has 0 unspecified atom stereocenters. The number of aryl methyl sites for hydroxylation is 1. The Hall–Kier alpha value is -1.51. The molecule has 3 nitrogen and oxygen atoms in total. The van der Waals surface area contributed by atoms with Crippen molar-refractivity contribution in [2.24, 2.45) is 0 Å². The molecule has 1 N–H and O–H groups in total. The van der Waals surface area contributed by atoms with E-state index in [0.717, 1.165) is 12.8 Å². The summed E-state index contributed by atoms with van der Waals surface area (Å²) in [4.78, 5) is 10.2. The van der Waals surface area contributed by atoms with E-state index in [0.29, 0.717) is 5.75 Å². The van der Waals surface area contributed by atoms with Crippen LogP contribution in [-0.2, 0) is 6.42 Å². The molecule has 0 radical (unpaired) electrons. The second-order valence-electron chi connectivity index (χ2n) is 2.76. The maximum Gasteiger partial charge on any atom is 0.511 e. The first-order valence-electron chi connectivity index (χ1n) is 4.22. The Morgan fingerprint density at radius 3 is 2.46 bits per heavy atom. The molecule has 0 bridgehead atoms. The van der Waals surface area contributed by atoms with Crippen molar-refractivity contribution in [1.82, 2.24) is 0 Å². The summed E-state index contributed by atoms with van der Waals surface area (Å²) in [5, 5.41) is 8.32. The number of carbonyl (C=O) groups is 1. The van der Waals surface area contributed by atoms with Crippen molar-refractivity contribution in [3.63, 3.8) is 0 Å². The first-order valence-corrected chi connectivity index (χ1v) is 4.22. The van der Waals surface area contributed by atoms with E-state index < -0.39 is 6.16 Å². The molecular weight excluding hydrogens is 168 g/mol. The van der Waals surface area contributed by atoms with E-state index in [-0.39, 0.29) is 0 Å². The highest BCUT2D eigenvalue weighted by atomic mass is 16.7. The van der Waals surface area contributed by atoms with Crippen LogP contribution in [0.4, 0.5) is 4.79 Å². The van der Waals surface area contributed by atoms with Gasteiger partial charge in [0.05, 0.1) is 0 Å². The minimum Gasteiger partial charge on any atom is -0.449 e. The minimum absolute atomic E-state index is 0.368. The van der Waals surface area contributed by atoms with Crippen molar-refractivity contribution in [3.8, 4) is 5.75 Å². The number of benzene rings is 1. The van der Waals surface area contributed by atoms with Gasteiger partial charge in [0, 0.05) is 0 Å². The molecule has 0 amide bonds. The fraction of sp³-hybridized carbons (Fsp3) is 0.300. The molecule has 3 heteroatoms. The number of carboxylic acid groups (broad SMARTS) is 1. The van der Waals surface area contributed by atoms with Crippen LogP contribution in [0.1, 0.15) is 18.9 Å². The van der Waals surface area contributed by atoms with Crippen molar-refractivity contribution in [3.05, 3.63) is 29.8 Å². The maximum absolute atomic E-state index is 10.2. The van der Waals surface area contributed by atoms with Gasteiger partial charge in [0.1, 0.15) is 5.75 Å². The number of ether oxygens (including phenoxy) is 1. The van der Waals surface area contributed by atoms with Gasteiger partial charge < -0.3 is 9.84 Å². The third-order valence-corrected chi connectivity index (χ3v) is 1.67. The molecule has 0 aliphatic heterocycles. The summed E-state index contributed by atoms with van der Waals surface area (Å²) in [5.41, 5.74) is 1.19. The van der Waals surface area contributed by atoms with Gasteiger partial charge in [-0.3, -0.25) is 0 Å². The van der Waals surface area contributed by atoms with Gasteiger partial charge in [-0.15, -0.1) is 0 Å². The van der Waals surface area contributed by atoms with Gasteiger partial charge >= 0.3 is 6.16 Å². The summed E-state index contributed by atoms with van der Waals surface area (Å²) in [6.45, 7) is 2.10. The highest BCUT2D eigenvalue weighted by molar-refractivity contribution is 5.61. The van der Waals surface area contributed by atoms with E-state index in [1.807, 2.05) is 12.1 Å². The largest absolute Gasteiger partial charge is 0.511 e. The lowest BCUT2D eigenvalue weighted by Crippen LogP contribution is -2.02. The molecule has 70 valence electrons. The van der Waals surface area contributed by atoms with Crippen LogP contribution in [0.15, 0.2) is 24.3 Å². The van der Waals surface area contributed by atoms with Crippen LogP contribution in [0.3, 0.4) is 0 Å². The fourth-order valence-electron chi connectivity index (χ4n) is 1.11. The van der Waals surface area contributed by atoms with Crippen molar-refractivity contribution in [2.75, 3.05) is 0 Å². The Bertz CT molecular complexity index is 277. The van der Waals surface area contributed by atoms with Gasteiger partial charge in [-0.05, 0) is 24.1 Å². The lowest BCUT2D eigenvalue weighted by atomic mass is 10.1. The van der Waals surface area contributed by atoms with Crippen molar-refractivity contribution >= 4 is 6.16 Å². The second kappa shape index (κ2) is 4.50. The van der Waals surface area contributed by atoms with E-state index in [4.69, 9.17) is 5.11 Å². The van der Waals surface area contributed by atoms with Gasteiger partial charge in [-0.2, -0.15) is 0 Å². The molecule has 0 fully saturated rings. The first kappa shape index (κ1) is 9.58. The SMILES string of the molecule is CCCc1ccc(OC(=O)O)cc1. The van der Waals surface area contributed by atoms with Gasteiger partial charge in [0.25, 0.3) is 0 Å². The summed E-state index contributed by atoms with van der Waals surface area (Å²) in [6.07, 6.45) is 0.815. The average Bonchev–Trinajstić information content (AvgIpc) is 2.08. The third kappa shape index (κ3) is 3.15. The average molecular weight is 180 g/mol. The van der Waals surface area contributed by atoms with Crippen LogP contribution >= 0.6 is 0 Å². The summed E-state index contributed by atoms with van der Waals surface area (Å²) in [7, 11) is 0. The summed E-state index contributed by atoms with van der Waals surface area (Å²) in [5.74, 6) is 0.368. The monoisotopic (exact) mass is 180 g/mol. The van der Waals surface area contributed by atoms with Crippen molar-refractivity contribution < 1.29 is 14.6 Å². The molecule has 0 spiro atoms. The quantitative estimate of drug-likeness (QED) is 0.574. The standard InChI is InChI=1S/C10H12O3/c1-2-3-8-4-6-9(7-5-8)13-10(11)12/h4-7H,2-3H2,1H3,(H,11,12). The Labute approximate surface area is 77.0 Å². The highest BCUT2D eigenvalue weighted by Gasteiger charge is 1.99. The van der Waals surface area contributed by atoms with E-state index in [9.17, 15) is 4.79 Å². The van der Waals surface area contributed by atoms with Crippen LogP contribution in [-0.4, -0.2) is 11.3 Å². The molecule has 13 heavy (non-hydrogen) atoms. The zero-order valence-electron chi connectivity index (χ0n) is 7.49. The maximum atomic E-state index is 10.2. The van der Waals surface area contributed by atoms with E-state index in [1.54, 1.807) is 12.1 Å².